The van der Waals surface area contributed by atoms with Crippen LogP contribution < -0.4 is 4.90 Å². The van der Waals surface area contributed by atoms with Gasteiger partial charge >= 0.3 is 0 Å². The van der Waals surface area contributed by atoms with Gasteiger partial charge in [-0.25, -0.2) is 0 Å². The largest absolute Gasteiger partial charge is 0.382 e. The van der Waals surface area contributed by atoms with Gasteiger partial charge in [-0.2, -0.15) is 0 Å². The number of rotatable bonds is 10. The fourth-order valence-electron chi connectivity index (χ4n) is 2.11. The van der Waals surface area contributed by atoms with E-state index in [-0.39, 0.29) is 12.6 Å². The van der Waals surface area contributed by atoms with Crippen LogP contribution in [-0.4, -0.2) is 46.2 Å². The van der Waals surface area contributed by atoms with E-state index in [0.717, 1.165) is 5.69 Å². The summed E-state index contributed by atoms with van der Waals surface area (Å²) in [6, 6.07) is 18.7. The Morgan fingerprint density at radius 3 is 2.08 bits per heavy atom. The van der Waals surface area contributed by atoms with Gasteiger partial charge in [0.25, 0.3) is 5.91 Å². The number of amides is 1. The Morgan fingerprint density at radius 1 is 0.833 bits per heavy atom. The molecule has 0 aliphatic carbocycles. The molecule has 0 saturated heterocycles. The molecule has 0 heterocycles. The summed E-state index contributed by atoms with van der Waals surface area (Å²) >= 11 is 0. The molecule has 0 bridgehead atoms. The van der Waals surface area contributed by atoms with Crippen molar-refractivity contribution in [3.05, 3.63) is 66.2 Å². The van der Waals surface area contributed by atoms with Gasteiger partial charge < -0.3 is 14.2 Å². The van der Waals surface area contributed by atoms with Crippen molar-refractivity contribution in [1.82, 2.24) is 0 Å². The lowest BCUT2D eigenvalue weighted by molar-refractivity contribution is 0.0247. The fraction of sp³-hybridized carbons (Fsp3) is 0.316. The summed E-state index contributed by atoms with van der Waals surface area (Å²) in [6.45, 7) is 2.14. The van der Waals surface area contributed by atoms with Gasteiger partial charge in [-0.3, -0.25) is 9.69 Å². The van der Waals surface area contributed by atoms with E-state index >= 15 is 0 Å². The Morgan fingerprint density at radius 2 is 1.42 bits per heavy atom. The van der Waals surface area contributed by atoms with Crippen LogP contribution in [0.15, 0.2) is 60.7 Å². The van der Waals surface area contributed by atoms with Gasteiger partial charge in [0.2, 0.25) is 0 Å². The van der Waals surface area contributed by atoms with E-state index in [2.05, 4.69) is 0 Å². The summed E-state index contributed by atoms with van der Waals surface area (Å²) in [4.78, 5) is 14.4. The number of anilines is 1. The lowest BCUT2D eigenvalue weighted by Crippen LogP contribution is -2.33. The number of methoxy groups -OCH3 is 1. The molecule has 2 aromatic rings. The van der Waals surface area contributed by atoms with Crippen LogP contribution in [0, 0.1) is 0 Å². The van der Waals surface area contributed by atoms with Gasteiger partial charge in [-0.1, -0.05) is 36.4 Å². The van der Waals surface area contributed by atoms with Crippen molar-refractivity contribution < 1.29 is 19.0 Å². The minimum absolute atomic E-state index is 0.0953. The number of para-hydroxylation sites is 1. The highest BCUT2D eigenvalue weighted by Gasteiger charge is 2.17. The fourth-order valence-corrected chi connectivity index (χ4v) is 2.11. The quantitative estimate of drug-likeness (QED) is 0.497. The van der Waals surface area contributed by atoms with Gasteiger partial charge in [0.1, 0.15) is 6.73 Å². The van der Waals surface area contributed by atoms with Gasteiger partial charge in [-0.05, 0) is 24.3 Å². The maximum atomic E-state index is 12.7. The van der Waals surface area contributed by atoms with E-state index in [1.165, 1.54) is 0 Å². The Hall–Kier alpha value is -2.21. The Bertz CT molecular complexity index is 589. The zero-order valence-electron chi connectivity index (χ0n) is 13.9. The standard InChI is InChI=1S/C19H23NO4/c1-22-12-13-23-14-15-24-16-20(18-10-6-3-7-11-18)19(21)17-8-4-2-5-9-17/h2-11H,12-16H2,1H3. The van der Waals surface area contributed by atoms with Crippen molar-refractivity contribution in [3.8, 4) is 0 Å². The van der Waals surface area contributed by atoms with E-state index in [1.807, 2.05) is 48.5 Å². The van der Waals surface area contributed by atoms with Crippen molar-refractivity contribution >= 4 is 11.6 Å². The van der Waals surface area contributed by atoms with E-state index in [1.54, 1.807) is 24.1 Å². The van der Waals surface area contributed by atoms with Crippen LogP contribution in [0.3, 0.4) is 0 Å². The van der Waals surface area contributed by atoms with Crippen LogP contribution in [-0.2, 0) is 14.2 Å². The molecular formula is C19H23NO4. The van der Waals surface area contributed by atoms with E-state index < -0.39 is 0 Å². The minimum Gasteiger partial charge on any atom is -0.382 e. The average Bonchev–Trinajstić information content (AvgIpc) is 2.65. The van der Waals surface area contributed by atoms with Crippen molar-refractivity contribution in [2.24, 2.45) is 0 Å². The maximum absolute atomic E-state index is 12.7. The molecule has 0 radical (unpaired) electrons. The van der Waals surface area contributed by atoms with Crippen LogP contribution >= 0.6 is 0 Å². The van der Waals surface area contributed by atoms with Gasteiger partial charge in [0.05, 0.1) is 26.4 Å². The zero-order chi connectivity index (χ0) is 17.0. The Kier molecular flexibility index (Phi) is 7.97. The molecule has 2 aromatic carbocycles. The van der Waals surface area contributed by atoms with Crippen LogP contribution in [0.4, 0.5) is 5.69 Å². The van der Waals surface area contributed by atoms with Crippen molar-refractivity contribution in [2.75, 3.05) is 45.2 Å². The Labute approximate surface area is 142 Å². The second kappa shape index (κ2) is 10.5. The first-order valence-corrected chi connectivity index (χ1v) is 7.89. The molecule has 0 aliphatic rings. The minimum atomic E-state index is -0.0953. The van der Waals surface area contributed by atoms with Crippen LogP contribution in [0.5, 0.6) is 0 Å². The smallest absolute Gasteiger partial charge is 0.260 e. The number of ether oxygens (including phenoxy) is 3. The summed E-state index contributed by atoms with van der Waals surface area (Å²) in [6.07, 6.45) is 0. The number of carbonyl (C=O) groups excluding carboxylic acids is 1. The SMILES string of the molecule is COCCOCCOCN(C(=O)c1ccccc1)c1ccccc1. The topological polar surface area (TPSA) is 48.0 Å². The van der Waals surface area contributed by atoms with Crippen molar-refractivity contribution in [1.29, 1.82) is 0 Å². The third-order valence-electron chi connectivity index (χ3n) is 3.36. The molecule has 24 heavy (non-hydrogen) atoms. The molecule has 0 saturated carbocycles. The number of nitrogens with zero attached hydrogens (tertiary/aromatic N) is 1. The lowest BCUT2D eigenvalue weighted by Gasteiger charge is -2.23. The summed E-state index contributed by atoms with van der Waals surface area (Å²) in [5.74, 6) is -0.0953. The first-order chi connectivity index (χ1) is 11.8. The highest BCUT2D eigenvalue weighted by atomic mass is 16.5. The molecule has 0 aromatic heterocycles. The highest BCUT2D eigenvalue weighted by Crippen LogP contribution is 2.16. The molecule has 2 rings (SSSR count). The number of benzene rings is 2. The normalized spacial score (nSPS) is 10.5. The van der Waals surface area contributed by atoms with Crippen molar-refractivity contribution in [3.63, 3.8) is 0 Å². The summed E-state index contributed by atoms with van der Waals surface area (Å²) in [5, 5.41) is 0. The molecular weight excluding hydrogens is 306 g/mol. The second-order valence-electron chi connectivity index (χ2n) is 5.08. The summed E-state index contributed by atoms with van der Waals surface area (Å²) in [5.41, 5.74) is 1.42. The monoisotopic (exact) mass is 329 g/mol. The highest BCUT2D eigenvalue weighted by molar-refractivity contribution is 6.05. The third-order valence-corrected chi connectivity index (χ3v) is 3.36. The van der Waals surface area contributed by atoms with Gasteiger partial charge in [-0.15, -0.1) is 0 Å². The summed E-state index contributed by atoms with van der Waals surface area (Å²) in [7, 11) is 1.63. The Balaban J connectivity index is 1.93. The zero-order valence-corrected chi connectivity index (χ0v) is 13.9. The third kappa shape index (κ3) is 5.77. The first-order valence-electron chi connectivity index (χ1n) is 7.89. The molecule has 5 nitrogen and oxygen atoms in total. The predicted molar refractivity (Wildman–Crippen MR) is 93.2 cm³/mol. The maximum Gasteiger partial charge on any atom is 0.260 e. The van der Waals surface area contributed by atoms with Gasteiger partial charge in [0, 0.05) is 18.4 Å². The van der Waals surface area contributed by atoms with Crippen LogP contribution in [0.1, 0.15) is 10.4 Å². The first kappa shape index (κ1) is 18.1. The molecule has 0 N–H and O–H groups in total. The molecule has 1 amide bonds. The van der Waals surface area contributed by atoms with E-state index in [4.69, 9.17) is 14.2 Å². The van der Waals surface area contributed by atoms with Crippen LogP contribution in [0.2, 0.25) is 0 Å². The molecule has 0 atom stereocenters. The van der Waals surface area contributed by atoms with E-state index in [0.29, 0.717) is 32.0 Å². The van der Waals surface area contributed by atoms with Gasteiger partial charge in [0.15, 0.2) is 0 Å². The van der Waals surface area contributed by atoms with Crippen molar-refractivity contribution in [2.45, 2.75) is 0 Å². The molecule has 0 aliphatic heterocycles. The summed E-state index contributed by atoms with van der Waals surface area (Å²) < 4.78 is 15.9. The van der Waals surface area contributed by atoms with Crippen LogP contribution in [0.25, 0.3) is 0 Å². The molecule has 0 fully saturated rings. The number of carbonyl (C=O) groups is 1. The molecule has 5 heteroatoms. The van der Waals surface area contributed by atoms with E-state index in [9.17, 15) is 4.79 Å². The average molecular weight is 329 g/mol. The molecule has 0 unspecified atom stereocenters. The molecule has 128 valence electrons. The molecule has 0 spiro atoms. The second-order valence-corrected chi connectivity index (χ2v) is 5.08. The lowest BCUT2D eigenvalue weighted by atomic mass is 10.2. The predicted octanol–water partition coefficient (Wildman–Crippen LogP) is 2.97. The number of hydrogen-bond acceptors (Lipinski definition) is 4. The number of hydrogen-bond donors (Lipinski definition) is 0.